The highest BCUT2D eigenvalue weighted by Crippen LogP contribution is 2.34. The Balaban J connectivity index is 2.16. The number of aryl methyl sites for hydroxylation is 2. The maximum atomic E-state index is 5.92. The van der Waals surface area contributed by atoms with Gasteiger partial charge in [-0.3, -0.25) is 4.98 Å². The smallest absolute Gasteiger partial charge is 0.225 e. The van der Waals surface area contributed by atoms with Crippen molar-refractivity contribution in [3.8, 4) is 27.8 Å². The van der Waals surface area contributed by atoms with Crippen molar-refractivity contribution in [3.63, 3.8) is 0 Å². The van der Waals surface area contributed by atoms with Crippen LogP contribution in [0.3, 0.4) is 0 Å². The summed E-state index contributed by atoms with van der Waals surface area (Å²) < 4.78 is 5.92. The third-order valence-electron chi connectivity index (χ3n) is 3.41. The van der Waals surface area contributed by atoms with Crippen LogP contribution >= 0.6 is 11.3 Å². The number of rotatable bonds is 5. The predicted octanol–water partition coefficient (Wildman–Crippen LogP) is 4.07. The van der Waals surface area contributed by atoms with Crippen molar-refractivity contribution >= 4 is 11.3 Å². The van der Waals surface area contributed by atoms with E-state index in [0.29, 0.717) is 18.3 Å². The molecule has 0 saturated heterocycles. The van der Waals surface area contributed by atoms with Gasteiger partial charge in [-0.1, -0.05) is 6.92 Å². The summed E-state index contributed by atoms with van der Waals surface area (Å²) in [4.78, 5) is 17.7. The molecule has 0 bridgehead atoms. The number of aromatic nitrogens is 4. The van der Waals surface area contributed by atoms with E-state index in [1.54, 1.807) is 12.4 Å². The molecule has 3 rings (SSSR count). The largest absolute Gasteiger partial charge is 0.477 e. The molecule has 0 unspecified atom stereocenters. The molecule has 0 atom stereocenters. The first-order valence-electron chi connectivity index (χ1n) is 7.53. The van der Waals surface area contributed by atoms with Crippen LogP contribution in [0.25, 0.3) is 22.0 Å². The molecule has 0 saturated carbocycles. The molecule has 0 amide bonds. The number of nitrogens with zero attached hydrogens (tertiary/aromatic N) is 4. The molecule has 0 spiro atoms. The van der Waals surface area contributed by atoms with Crippen molar-refractivity contribution in [2.75, 3.05) is 6.61 Å². The second kappa shape index (κ2) is 6.83. The molecule has 118 valence electrons. The van der Waals surface area contributed by atoms with Crippen LogP contribution in [0.5, 0.6) is 5.88 Å². The van der Waals surface area contributed by atoms with Gasteiger partial charge in [0, 0.05) is 24.0 Å². The Hall–Kier alpha value is -2.34. The van der Waals surface area contributed by atoms with Gasteiger partial charge in [0.25, 0.3) is 0 Å². The van der Waals surface area contributed by atoms with Gasteiger partial charge in [0.05, 0.1) is 17.9 Å². The van der Waals surface area contributed by atoms with Crippen LogP contribution in [0.4, 0.5) is 0 Å². The van der Waals surface area contributed by atoms with Crippen LogP contribution in [0.1, 0.15) is 24.6 Å². The van der Waals surface area contributed by atoms with Gasteiger partial charge in [-0.05, 0) is 37.5 Å². The second-order valence-corrected chi connectivity index (χ2v) is 6.08. The minimum Gasteiger partial charge on any atom is -0.477 e. The Kier molecular flexibility index (Phi) is 4.62. The first-order chi connectivity index (χ1) is 11.2. The summed E-state index contributed by atoms with van der Waals surface area (Å²) in [6, 6.07) is 1.98. The number of hydrogen-bond acceptors (Lipinski definition) is 6. The van der Waals surface area contributed by atoms with Crippen LogP contribution in [0.2, 0.25) is 0 Å². The topological polar surface area (TPSA) is 60.8 Å². The van der Waals surface area contributed by atoms with E-state index in [1.807, 2.05) is 31.5 Å². The third kappa shape index (κ3) is 3.22. The van der Waals surface area contributed by atoms with Gasteiger partial charge in [-0.15, -0.1) is 11.3 Å². The van der Waals surface area contributed by atoms with Crippen molar-refractivity contribution in [3.05, 3.63) is 41.3 Å². The predicted molar refractivity (Wildman–Crippen MR) is 91.6 cm³/mol. The minimum atomic E-state index is 0.610. The molecule has 0 aliphatic heterocycles. The van der Waals surface area contributed by atoms with Crippen molar-refractivity contribution in [2.45, 2.75) is 27.2 Å². The van der Waals surface area contributed by atoms with E-state index < -0.39 is 0 Å². The minimum absolute atomic E-state index is 0.610. The zero-order valence-corrected chi connectivity index (χ0v) is 14.2. The maximum Gasteiger partial charge on any atom is 0.225 e. The van der Waals surface area contributed by atoms with Crippen molar-refractivity contribution in [1.82, 2.24) is 19.9 Å². The molecule has 0 N–H and O–H groups in total. The Labute approximate surface area is 139 Å². The summed E-state index contributed by atoms with van der Waals surface area (Å²) in [6.45, 7) is 6.70. The Morgan fingerprint density at radius 2 is 2.04 bits per heavy atom. The van der Waals surface area contributed by atoms with Crippen LogP contribution in [-0.2, 0) is 0 Å². The third-order valence-corrected chi connectivity index (χ3v) is 4.18. The van der Waals surface area contributed by atoms with Gasteiger partial charge in [0.2, 0.25) is 5.88 Å². The van der Waals surface area contributed by atoms with Crippen molar-refractivity contribution in [1.29, 1.82) is 0 Å². The summed E-state index contributed by atoms with van der Waals surface area (Å²) in [7, 11) is 0. The average Bonchev–Trinajstić information content (AvgIpc) is 3.08. The Morgan fingerprint density at radius 3 is 2.74 bits per heavy atom. The fourth-order valence-corrected chi connectivity index (χ4v) is 2.91. The van der Waals surface area contributed by atoms with Gasteiger partial charge < -0.3 is 4.74 Å². The summed E-state index contributed by atoms with van der Waals surface area (Å²) in [5.74, 6) is 1.22. The number of pyridine rings is 1. The van der Waals surface area contributed by atoms with Crippen molar-refractivity contribution < 1.29 is 4.74 Å². The number of ether oxygens (including phenoxy) is 1. The lowest BCUT2D eigenvalue weighted by atomic mass is 10.0. The first-order valence-corrected chi connectivity index (χ1v) is 8.41. The highest BCUT2D eigenvalue weighted by molar-refractivity contribution is 7.13. The molecule has 3 heterocycles. The zero-order valence-electron chi connectivity index (χ0n) is 13.4. The molecule has 0 radical (unpaired) electrons. The number of thiazole rings is 1. The van der Waals surface area contributed by atoms with E-state index >= 15 is 0 Å². The Bertz CT molecular complexity index is 802. The van der Waals surface area contributed by atoms with Gasteiger partial charge >= 0.3 is 0 Å². The number of hydrogen-bond donors (Lipinski definition) is 0. The van der Waals surface area contributed by atoms with Gasteiger partial charge in [0.15, 0.2) is 10.8 Å². The Morgan fingerprint density at radius 1 is 1.17 bits per heavy atom. The molecule has 3 aromatic heterocycles. The van der Waals surface area contributed by atoms with Crippen LogP contribution in [-0.4, -0.2) is 26.5 Å². The molecule has 5 nitrogen and oxygen atoms in total. The fraction of sp³-hybridized carbons (Fsp3) is 0.294. The lowest BCUT2D eigenvalue weighted by Gasteiger charge is -2.14. The molecule has 3 aromatic rings. The van der Waals surface area contributed by atoms with E-state index in [4.69, 9.17) is 4.74 Å². The molecule has 0 aliphatic rings. The fourth-order valence-electron chi connectivity index (χ4n) is 2.34. The average molecular weight is 326 g/mol. The highest BCUT2D eigenvalue weighted by Gasteiger charge is 2.18. The SMILES string of the molecule is CCCOc1nc(-c2nccs2)nc(C)c1-c1ccncc1C. The molecular weight excluding hydrogens is 308 g/mol. The lowest BCUT2D eigenvalue weighted by molar-refractivity contribution is 0.306. The molecule has 6 heteroatoms. The van der Waals surface area contributed by atoms with Gasteiger partial charge in [0.1, 0.15) is 0 Å². The van der Waals surface area contributed by atoms with Crippen LogP contribution < -0.4 is 4.74 Å². The molecular formula is C17H18N4OS. The maximum absolute atomic E-state index is 5.92. The van der Waals surface area contributed by atoms with Crippen molar-refractivity contribution in [2.24, 2.45) is 0 Å². The van der Waals surface area contributed by atoms with Crippen LogP contribution in [0, 0.1) is 13.8 Å². The lowest BCUT2D eigenvalue weighted by Crippen LogP contribution is -2.05. The highest BCUT2D eigenvalue weighted by atomic mass is 32.1. The van der Waals surface area contributed by atoms with E-state index in [1.165, 1.54) is 11.3 Å². The van der Waals surface area contributed by atoms with E-state index in [9.17, 15) is 0 Å². The molecule has 0 aliphatic carbocycles. The van der Waals surface area contributed by atoms with E-state index in [0.717, 1.165) is 33.8 Å². The van der Waals surface area contributed by atoms with Gasteiger partial charge in [-0.2, -0.15) is 4.98 Å². The summed E-state index contributed by atoms with van der Waals surface area (Å²) in [5.41, 5.74) is 3.93. The van der Waals surface area contributed by atoms with E-state index in [2.05, 4.69) is 26.9 Å². The van der Waals surface area contributed by atoms with Crippen LogP contribution in [0.15, 0.2) is 30.0 Å². The monoisotopic (exact) mass is 326 g/mol. The standard InChI is InChI=1S/C17H18N4OS/c1-4-8-22-16-14(13-5-6-18-10-11(13)2)12(3)20-15(21-16)17-19-7-9-23-17/h5-7,9-10H,4,8H2,1-3H3. The summed E-state index contributed by atoms with van der Waals surface area (Å²) in [5, 5.41) is 2.72. The molecule has 0 aromatic carbocycles. The second-order valence-electron chi connectivity index (χ2n) is 5.19. The van der Waals surface area contributed by atoms with E-state index in [-0.39, 0.29) is 0 Å². The zero-order chi connectivity index (χ0) is 16.2. The summed E-state index contributed by atoms with van der Waals surface area (Å²) >= 11 is 1.52. The molecule has 0 fully saturated rings. The normalized spacial score (nSPS) is 10.7. The summed E-state index contributed by atoms with van der Waals surface area (Å²) in [6.07, 6.45) is 6.30. The first kappa shape index (κ1) is 15.6. The quantitative estimate of drug-likeness (QED) is 0.707. The molecule has 23 heavy (non-hydrogen) atoms. The van der Waals surface area contributed by atoms with Gasteiger partial charge in [-0.25, -0.2) is 9.97 Å².